The van der Waals surface area contributed by atoms with Gasteiger partial charge in [0, 0.05) is 10.9 Å². The van der Waals surface area contributed by atoms with Crippen molar-refractivity contribution < 1.29 is 0 Å². The zero-order chi connectivity index (χ0) is 15.9. The van der Waals surface area contributed by atoms with Crippen molar-refractivity contribution in [1.29, 1.82) is 5.26 Å². The molecule has 2 aromatic carbocycles. The lowest BCUT2D eigenvalue weighted by atomic mass is 10.2. The number of hydrogen-bond donors (Lipinski definition) is 0. The van der Waals surface area contributed by atoms with Crippen LogP contribution in [0.4, 0.5) is 0 Å². The molecule has 0 saturated carbocycles. The number of nitrogens with zero attached hydrogens (tertiary/aromatic N) is 2. The fourth-order valence-corrected chi connectivity index (χ4v) is 2.92. The van der Waals surface area contributed by atoms with Crippen molar-refractivity contribution >= 4 is 23.0 Å². The van der Waals surface area contributed by atoms with Crippen LogP contribution < -0.4 is 0 Å². The first-order valence-corrected chi connectivity index (χ1v) is 8.09. The van der Waals surface area contributed by atoms with Crippen LogP contribution in [0, 0.1) is 11.3 Å². The highest BCUT2D eigenvalue weighted by Crippen LogP contribution is 2.25. The Bertz CT molecular complexity index is 869. The number of thiazole rings is 1. The predicted molar refractivity (Wildman–Crippen MR) is 96.6 cm³/mol. The lowest BCUT2D eigenvalue weighted by Crippen LogP contribution is -1.81. The first-order valence-electron chi connectivity index (χ1n) is 7.21. The zero-order valence-corrected chi connectivity index (χ0v) is 13.2. The van der Waals surface area contributed by atoms with E-state index < -0.39 is 0 Å². The molecule has 0 fully saturated rings. The molecule has 0 aliphatic heterocycles. The van der Waals surface area contributed by atoms with E-state index in [1.807, 2.05) is 78.2 Å². The van der Waals surface area contributed by atoms with Crippen LogP contribution in [-0.4, -0.2) is 4.98 Å². The van der Waals surface area contributed by atoms with Gasteiger partial charge in [0.2, 0.25) is 0 Å². The summed E-state index contributed by atoms with van der Waals surface area (Å²) >= 11 is 1.49. The Morgan fingerprint density at radius 2 is 1.70 bits per heavy atom. The lowest BCUT2D eigenvalue weighted by molar-refractivity contribution is 1.37. The van der Waals surface area contributed by atoms with Crippen molar-refractivity contribution in [2.45, 2.75) is 0 Å². The summed E-state index contributed by atoms with van der Waals surface area (Å²) in [5.74, 6) is 0. The molecule has 110 valence electrons. The quantitative estimate of drug-likeness (QED) is 0.475. The fourth-order valence-electron chi connectivity index (χ4n) is 2.11. The second kappa shape index (κ2) is 7.35. The van der Waals surface area contributed by atoms with Crippen LogP contribution in [0.3, 0.4) is 0 Å². The molecule has 0 spiro atoms. The van der Waals surface area contributed by atoms with Gasteiger partial charge in [0.05, 0.1) is 11.3 Å². The van der Waals surface area contributed by atoms with E-state index in [9.17, 15) is 5.26 Å². The monoisotopic (exact) mass is 314 g/mol. The van der Waals surface area contributed by atoms with Crippen LogP contribution >= 0.6 is 11.3 Å². The average molecular weight is 314 g/mol. The first-order chi connectivity index (χ1) is 11.4. The Morgan fingerprint density at radius 3 is 2.39 bits per heavy atom. The number of aromatic nitrogens is 1. The van der Waals surface area contributed by atoms with Crippen molar-refractivity contribution in [3.63, 3.8) is 0 Å². The smallest absolute Gasteiger partial charge is 0.134 e. The molecule has 0 bridgehead atoms. The molecule has 0 unspecified atom stereocenters. The van der Waals surface area contributed by atoms with Gasteiger partial charge < -0.3 is 0 Å². The van der Waals surface area contributed by atoms with Gasteiger partial charge in [-0.2, -0.15) is 5.26 Å². The van der Waals surface area contributed by atoms with Crippen molar-refractivity contribution in [1.82, 2.24) is 4.98 Å². The highest BCUT2D eigenvalue weighted by atomic mass is 32.1. The molecule has 0 saturated heterocycles. The summed E-state index contributed by atoms with van der Waals surface area (Å²) in [7, 11) is 0. The normalized spacial score (nSPS) is 11.5. The SMILES string of the molecule is N#C/C(=C\C=C/c1ccccc1)c1nc(-c2ccccc2)cs1. The fraction of sp³-hybridized carbons (Fsp3) is 0. The van der Waals surface area contributed by atoms with Gasteiger partial charge in [0.15, 0.2) is 0 Å². The van der Waals surface area contributed by atoms with Crippen molar-refractivity contribution in [3.8, 4) is 17.3 Å². The standard InChI is InChI=1S/C20H14N2S/c21-14-18(13-7-10-16-8-3-1-4-9-16)20-22-19(15-23-20)17-11-5-2-6-12-17/h1-13,15H/b10-7-,18-13+. The van der Waals surface area contributed by atoms with E-state index >= 15 is 0 Å². The minimum atomic E-state index is 0.573. The minimum absolute atomic E-state index is 0.573. The summed E-state index contributed by atoms with van der Waals surface area (Å²) in [5.41, 5.74) is 3.64. The summed E-state index contributed by atoms with van der Waals surface area (Å²) in [6.07, 6.45) is 5.67. The molecular formula is C20H14N2S. The van der Waals surface area contributed by atoms with Crippen molar-refractivity contribution in [2.75, 3.05) is 0 Å². The van der Waals surface area contributed by atoms with Crippen LogP contribution in [0.5, 0.6) is 0 Å². The molecule has 1 aromatic heterocycles. The van der Waals surface area contributed by atoms with E-state index in [2.05, 4.69) is 11.1 Å². The van der Waals surface area contributed by atoms with Gasteiger partial charge in [-0.1, -0.05) is 72.8 Å². The Labute approximate surface area is 139 Å². The highest BCUT2D eigenvalue weighted by molar-refractivity contribution is 7.11. The third-order valence-electron chi connectivity index (χ3n) is 3.28. The van der Waals surface area contributed by atoms with Crippen LogP contribution in [0.1, 0.15) is 10.6 Å². The Morgan fingerprint density at radius 1 is 1.00 bits per heavy atom. The summed E-state index contributed by atoms with van der Waals surface area (Å²) < 4.78 is 0. The maximum absolute atomic E-state index is 9.37. The Balaban J connectivity index is 1.82. The molecule has 0 atom stereocenters. The molecular weight excluding hydrogens is 300 g/mol. The van der Waals surface area contributed by atoms with E-state index in [4.69, 9.17) is 0 Å². The summed E-state index contributed by atoms with van der Waals surface area (Å²) in [4.78, 5) is 4.57. The van der Waals surface area contributed by atoms with Gasteiger partial charge in [-0.25, -0.2) is 4.98 Å². The molecule has 0 N–H and O–H groups in total. The van der Waals surface area contributed by atoms with Crippen molar-refractivity contribution in [2.24, 2.45) is 0 Å². The second-order valence-corrected chi connectivity index (χ2v) is 5.72. The number of nitriles is 1. The minimum Gasteiger partial charge on any atom is -0.235 e. The van der Waals surface area contributed by atoms with E-state index in [1.165, 1.54) is 11.3 Å². The molecule has 0 radical (unpaired) electrons. The summed E-state index contributed by atoms with van der Waals surface area (Å²) in [5, 5.41) is 12.1. The van der Waals surface area contributed by atoms with Crippen LogP contribution in [0.2, 0.25) is 0 Å². The van der Waals surface area contributed by atoms with Crippen LogP contribution in [-0.2, 0) is 0 Å². The molecule has 23 heavy (non-hydrogen) atoms. The third-order valence-corrected chi connectivity index (χ3v) is 4.15. The lowest BCUT2D eigenvalue weighted by Gasteiger charge is -1.94. The number of allylic oxidation sites excluding steroid dienone is 3. The Hall–Kier alpha value is -2.96. The van der Waals surface area contributed by atoms with Gasteiger partial charge in [-0.05, 0) is 11.6 Å². The molecule has 3 rings (SSSR count). The Kier molecular flexibility index (Phi) is 4.78. The summed E-state index contributed by atoms with van der Waals surface area (Å²) in [6, 6.07) is 22.2. The largest absolute Gasteiger partial charge is 0.235 e. The number of benzene rings is 2. The highest BCUT2D eigenvalue weighted by Gasteiger charge is 2.07. The van der Waals surface area contributed by atoms with E-state index in [0.717, 1.165) is 21.8 Å². The van der Waals surface area contributed by atoms with Gasteiger partial charge in [-0.15, -0.1) is 11.3 Å². The molecule has 3 aromatic rings. The zero-order valence-electron chi connectivity index (χ0n) is 12.4. The topological polar surface area (TPSA) is 36.7 Å². The van der Waals surface area contributed by atoms with Crippen molar-refractivity contribution in [3.05, 3.63) is 88.8 Å². The maximum Gasteiger partial charge on any atom is 0.134 e. The van der Waals surface area contributed by atoms with Gasteiger partial charge in [0.1, 0.15) is 11.1 Å². The predicted octanol–water partition coefficient (Wildman–Crippen LogP) is 5.43. The summed E-state index contributed by atoms with van der Waals surface area (Å²) in [6.45, 7) is 0. The van der Waals surface area contributed by atoms with Crippen LogP contribution in [0.15, 0.2) is 78.2 Å². The first kappa shape index (κ1) is 15.0. The maximum atomic E-state index is 9.37. The molecule has 0 aliphatic carbocycles. The molecule has 2 nitrogen and oxygen atoms in total. The van der Waals surface area contributed by atoms with E-state index in [0.29, 0.717) is 5.57 Å². The average Bonchev–Trinajstić information content (AvgIpc) is 3.10. The number of rotatable bonds is 4. The molecule has 0 aliphatic rings. The molecule has 1 heterocycles. The van der Waals surface area contributed by atoms with E-state index in [-0.39, 0.29) is 0 Å². The third kappa shape index (κ3) is 3.82. The van der Waals surface area contributed by atoms with Gasteiger partial charge in [0.25, 0.3) is 0 Å². The number of hydrogen-bond acceptors (Lipinski definition) is 3. The van der Waals surface area contributed by atoms with Gasteiger partial charge in [-0.3, -0.25) is 0 Å². The second-order valence-electron chi connectivity index (χ2n) is 4.87. The van der Waals surface area contributed by atoms with Gasteiger partial charge >= 0.3 is 0 Å². The molecule has 0 amide bonds. The van der Waals surface area contributed by atoms with Crippen LogP contribution in [0.25, 0.3) is 22.9 Å². The molecule has 3 heteroatoms. The van der Waals surface area contributed by atoms with E-state index in [1.54, 1.807) is 6.08 Å².